The minimum Gasteiger partial charge on any atom is -0.394 e. The molecule has 0 aromatic rings. The van der Waals surface area contributed by atoms with Gasteiger partial charge in [-0.3, -0.25) is 4.79 Å². The second kappa shape index (κ2) is 49.2. The summed E-state index contributed by atoms with van der Waals surface area (Å²) in [7, 11) is 0. The Labute approximate surface area is 358 Å². The van der Waals surface area contributed by atoms with E-state index in [0.717, 1.165) is 32.1 Å². The maximum Gasteiger partial charge on any atom is 0.220 e. The van der Waals surface area contributed by atoms with Crippen molar-refractivity contribution in [2.45, 2.75) is 302 Å². The lowest BCUT2D eigenvalue weighted by atomic mass is 10.0. The fourth-order valence-electron chi connectivity index (χ4n) is 8.22. The van der Waals surface area contributed by atoms with Crippen LogP contribution in [0, 0.1) is 0 Å². The molecular weight excluding hydrogens is 699 g/mol. The van der Waals surface area contributed by atoms with Gasteiger partial charge in [0.1, 0.15) is 0 Å². The molecule has 3 N–H and O–H groups in total. The summed E-state index contributed by atoms with van der Waals surface area (Å²) in [6.45, 7) is 4.37. The smallest absolute Gasteiger partial charge is 0.220 e. The third-order valence-electron chi connectivity index (χ3n) is 12.2. The quantitative estimate of drug-likeness (QED) is 0.0424. The zero-order valence-electron chi connectivity index (χ0n) is 38.9. The summed E-state index contributed by atoms with van der Waals surface area (Å²) in [4.78, 5) is 12.5. The van der Waals surface area contributed by atoms with Crippen molar-refractivity contribution in [2.24, 2.45) is 0 Å². The van der Waals surface area contributed by atoms with Crippen LogP contribution < -0.4 is 5.32 Å². The Kier molecular flexibility index (Phi) is 48.3. The second-order valence-corrected chi connectivity index (χ2v) is 17.9. The van der Waals surface area contributed by atoms with Crippen LogP contribution in [0.4, 0.5) is 0 Å². The van der Waals surface area contributed by atoms with Gasteiger partial charge in [0.05, 0.1) is 18.8 Å². The van der Waals surface area contributed by atoms with Gasteiger partial charge in [-0.2, -0.15) is 0 Å². The van der Waals surface area contributed by atoms with Crippen LogP contribution in [0.1, 0.15) is 290 Å². The van der Waals surface area contributed by atoms with Crippen molar-refractivity contribution < 1.29 is 15.0 Å². The van der Waals surface area contributed by atoms with E-state index in [2.05, 4.69) is 43.5 Å². The molecule has 0 aliphatic heterocycles. The number of hydrogen-bond acceptors (Lipinski definition) is 3. The first kappa shape index (κ1) is 55.9. The van der Waals surface area contributed by atoms with Crippen molar-refractivity contribution in [3.63, 3.8) is 0 Å². The van der Waals surface area contributed by atoms with E-state index in [1.54, 1.807) is 0 Å². The SMILES string of the molecule is CCCCCCC/C=C\C/C=C\CCCCCCCCCCCC(=O)NC(CO)C(O)CCCCCCCCCCCCCCCCCCCCCCCCCC. The fourth-order valence-corrected chi connectivity index (χ4v) is 8.22. The highest BCUT2D eigenvalue weighted by atomic mass is 16.3. The number of carbonyl (C=O) groups excluding carboxylic acids is 1. The molecule has 0 aromatic heterocycles. The van der Waals surface area contributed by atoms with E-state index in [4.69, 9.17) is 0 Å². The number of carbonyl (C=O) groups is 1. The first-order chi connectivity index (χ1) is 28.2. The Hall–Kier alpha value is -1.13. The predicted octanol–water partition coefficient (Wildman–Crippen LogP) is 16.8. The lowest BCUT2D eigenvalue weighted by Gasteiger charge is -2.22. The third kappa shape index (κ3) is 45.8. The van der Waals surface area contributed by atoms with Crippen molar-refractivity contribution in [1.29, 1.82) is 0 Å². The van der Waals surface area contributed by atoms with Crippen molar-refractivity contribution in [2.75, 3.05) is 6.61 Å². The zero-order valence-corrected chi connectivity index (χ0v) is 38.9. The van der Waals surface area contributed by atoms with Gasteiger partial charge in [0.15, 0.2) is 0 Å². The first-order valence-corrected chi connectivity index (χ1v) is 26.0. The third-order valence-corrected chi connectivity index (χ3v) is 12.2. The molecule has 4 heteroatoms. The Morgan fingerprint density at radius 1 is 0.421 bits per heavy atom. The maximum atomic E-state index is 12.5. The molecule has 2 atom stereocenters. The maximum absolute atomic E-state index is 12.5. The average Bonchev–Trinajstić information content (AvgIpc) is 3.22. The standard InChI is InChI=1S/C53H103NO3/c1-3-5-7-9-11-13-15-17-19-21-23-25-26-27-29-30-32-34-36-38-40-42-44-46-48-52(56)51(50-55)54-53(57)49-47-45-43-41-39-37-35-33-31-28-24-22-20-18-16-14-12-10-8-6-4-2/h16,18,22,24,51-52,55-56H,3-15,17,19-21,23,25-50H2,1-2H3,(H,54,57)/b18-16-,24-22-. The topological polar surface area (TPSA) is 69.6 Å². The molecule has 338 valence electrons. The lowest BCUT2D eigenvalue weighted by molar-refractivity contribution is -0.123. The van der Waals surface area contributed by atoms with Gasteiger partial charge in [0.25, 0.3) is 0 Å². The van der Waals surface area contributed by atoms with Crippen LogP contribution >= 0.6 is 0 Å². The van der Waals surface area contributed by atoms with Crippen molar-refractivity contribution >= 4 is 5.91 Å². The molecule has 0 saturated heterocycles. The Balaban J connectivity index is 3.46. The molecule has 4 nitrogen and oxygen atoms in total. The van der Waals surface area contributed by atoms with Crippen molar-refractivity contribution in [3.05, 3.63) is 24.3 Å². The number of hydrogen-bond donors (Lipinski definition) is 3. The van der Waals surface area contributed by atoms with Crippen molar-refractivity contribution in [1.82, 2.24) is 5.32 Å². The molecule has 57 heavy (non-hydrogen) atoms. The van der Waals surface area contributed by atoms with E-state index in [1.807, 2.05) is 0 Å². The molecule has 0 radical (unpaired) electrons. The second-order valence-electron chi connectivity index (χ2n) is 17.9. The highest BCUT2D eigenvalue weighted by Gasteiger charge is 2.20. The summed E-state index contributed by atoms with van der Waals surface area (Å²) in [5.41, 5.74) is 0. The molecule has 0 bridgehead atoms. The number of aliphatic hydroxyl groups excluding tert-OH is 2. The van der Waals surface area contributed by atoms with E-state index in [-0.39, 0.29) is 12.5 Å². The summed E-state index contributed by atoms with van der Waals surface area (Å²) in [6.07, 6.45) is 64.3. The lowest BCUT2D eigenvalue weighted by Crippen LogP contribution is -2.45. The van der Waals surface area contributed by atoms with Gasteiger partial charge in [-0.05, 0) is 44.9 Å². The molecule has 0 heterocycles. The fraction of sp³-hybridized carbons (Fsp3) is 0.906. The Morgan fingerprint density at radius 2 is 0.719 bits per heavy atom. The number of allylic oxidation sites excluding steroid dienone is 4. The monoisotopic (exact) mass is 802 g/mol. The Bertz CT molecular complexity index is 825. The summed E-state index contributed by atoms with van der Waals surface area (Å²) in [5.74, 6) is -0.0319. The van der Waals surface area contributed by atoms with Crippen LogP contribution in [0.5, 0.6) is 0 Å². The molecule has 0 spiro atoms. The molecule has 0 aliphatic rings. The molecular formula is C53H103NO3. The van der Waals surface area contributed by atoms with E-state index in [1.165, 1.54) is 231 Å². The minimum absolute atomic E-state index is 0.0319. The van der Waals surface area contributed by atoms with Crippen LogP contribution in [0.25, 0.3) is 0 Å². The van der Waals surface area contributed by atoms with E-state index < -0.39 is 12.1 Å². The number of amides is 1. The molecule has 2 unspecified atom stereocenters. The Morgan fingerprint density at radius 3 is 1.05 bits per heavy atom. The van der Waals surface area contributed by atoms with Gasteiger partial charge < -0.3 is 15.5 Å². The number of rotatable bonds is 48. The molecule has 0 aliphatic carbocycles. The van der Waals surface area contributed by atoms with Gasteiger partial charge in [0, 0.05) is 6.42 Å². The van der Waals surface area contributed by atoms with Crippen LogP contribution in [0.2, 0.25) is 0 Å². The molecule has 0 fully saturated rings. The van der Waals surface area contributed by atoms with Crippen LogP contribution in [-0.4, -0.2) is 34.9 Å². The minimum atomic E-state index is -0.661. The summed E-state index contributed by atoms with van der Waals surface area (Å²) >= 11 is 0. The molecule has 0 saturated carbocycles. The van der Waals surface area contributed by atoms with E-state index in [0.29, 0.717) is 12.8 Å². The average molecular weight is 802 g/mol. The van der Waals surface area contributed by atoms with E-state index >= 15 is 0 Å². The van der Waals surface area contributed by atoms with Crippen LogP contribution in [0.3, 0.4) is 0 Å². The molecule has 0 aromatic carbocycles. The predicted molar refractivity (Wildman–Crippen MR) is 253 cm³/mol. The van der Waals surface area contributed by atoms with Gasteiger partial charge in [-0.25, -0.2) is 0 Å². The molecule has 1 amide bonds. The van der Waals surface area contributed by atoms with Gasteiger partial charge in [0.2, 0.25) is 5.91 Å². The largest absolute Gasteiger partial charge is 0.394 e. The van der Waals surface area contributed by atoms with Gasteiger partial charge >= 0.3 is 0 Å². The first-order valence-electron chi connectivity index (χ1n) is 26.0. The van der Waals surface area contributed by atoms with Crippen LogP contribution in [-0.2, 0) is 4.79 Å². The van der Waals surface area contributed by atoms with Crippen LogP contribution in [0.15, 0.2) is 24.3 Å². The highest BCUT2D eigenvalue weighted by Crippen LogP contribution is 2.17. The van der Waals surface area contributed by atoms with Crippen molar-refractivity contribution in [3.8, 4) is 0 Å². The summed E-state index contributed by atoms with van der Waals surface area (Å²) in [6, 6.07) is -0.538. The number of unbranched alkanes of at least 4 members (excludes halogenated alkanes) is 37. The van der Waals surface area contributed by atoms with Gasteiger partial charge in [-0.15, -0.1) is 0 Å². The summed E-state index contributed by atoms with van der Waals surface area (Å²) < 4.78 is 0. The number of nitrogens with one attached hydrogen (secondary N) is 1. The van der Waals surface area contributed by atoms with Gasteiger partial charge in [-0.1, -0.05) is 263 Å². The summed E-state index contributed by atoms with van der Waals surface area (Å²) in [5, 5.41) is 23.3. The van der Waals surface area contributed by atoms with E-state index in [9.17, 15) is 15.0 Å². The molecule has 0 rings (SSSR count). The normalized spacial score (nSPS) is 13.0. The zero-order chi connectivity index (χ0) is 41.4. The highest BCUT2D eigenvalue weighted by molar-refractivity contribution is 5.76. The number of aliphatic hydroxyl groups is 2.